The van der Waals surface area contributed by atoms with Gasteiger partial charge in [0.05, 0.1) is 35.6 Å². The van der Waals surface area contributed by atoms with Crippen molar-refractivity contribution in [2.24, 2.45) is 21.2 Å². The van der Waals surface area contributed by atoms with E-state index in [-0.39, 0.29) is 29.2 Å². The molecule has 0 spiro atoms. The van der Waals surface area contributed by atoms with Crippen LogP contribution in [0.1, 0.15) is 75.3 Å². The fourth-order valence-corrected chi connectivity index (χ4v) is 9.65. The lowest BCUT2D eigenvalue weighted by atomic mass is 9.77. The number of piperidine rings is 1. The first kappa shape index (κ1) is 35.6. The van der Waals surface area contributed by atoms with Crippen LogP contribution in [0.15, 0.2) is 65.3 Å². The smallest absolute Gasteiger partial charge is 0.234 e. The average molecular weight is 751 g/mol. The minimum atomic E-state index is -0.463. The summed E-state index contributed by atoms with van der Waals surface area (Å²) in [5, 5.41) is 39.4. The Kier molecular flexibility index (Phi) is 9.05. The molecule has 3 aromatic heterocycles. The van der Waals surface area contributed by atoms with E-state index >= 15 is 0 Å². The summed E-state index contributed by atoms with van der Waals surface area (Å²) in [6.45, 7) is 6.90. The summed E-state index contributed by atoms with van der Waals surface area (Å²) in [5.41, 5.74) is 5.03. The molecule has 1 unspecified atom stereocenters. The molecule has 284 valence electrons. The molecule has 15 nitrogen and oxygen atoms in total. The number of benzene rings is 1. The van der Waals surface area contributed by atoms with Crippen molar-refractivity contribution >= 4 is 46.1 Å². The Hall–Kier alpha value is -6.06. The first-order valence-electron chi connectivity index (χ1n) is 19.6. The molecular formula is C41H44N13O2+. The summed E-state index contributed by atoms with van der Waals surface area (Å²) in [6.07, 6.45) is 15.1. The zero-order valence-electron chi connectivity index (χ0n) is 31.4. The molecule has 1 aromatic carbocycles. The Bertz CT molecular complexity index is 2340. The number of pyridine rings is 2. The Morgan fingerprint density at radius 3 is 2.57 bits per heavy atom. The molecule has 2 bridgehead atoms. The minimum absolute atomic E-state index is 0.0219. The fourth-order valence-electron chi connectivity index (χ4n) is 9.65. The monoisotopic (exact) mass is 750 g/mol. The van der Waals surface area contributed by atoms with Crippen molar-refractivity contribution in [3.63, 3.8) is 0 Å². The number of anilines is 2. The van der Waals surface area contributed by atoms with Gasteiger partial charge in [-0.15, -0.1) is 0 Å². The van der Waals surface area contributed by atoms with Gasteiger partial charge in [-0.1, -0.05) is 16.8 Å². The second-order valence-corrected chi connectivity index (χ2v) is 16.2. The van der Waals surface area contributed by atoms with Gasteiger partial charge in [-0.3, -0.25) is 19.8 Å². The second kappa shape index (κ2) is 14.2. The second-order valence-electron chi connectivity index (χ2n) is 16.2. The van der Waals surface area contributed by atoms with Gasteiger partial charge in [0.15, 0.2) is 17.2 Å². The van der Waals surface area contributed by atoms with Crippen LogP contribution in [-0.2, 0) is 9.59 Å². The average Bonchev–Trinajstić information content (AvgIpc) is 4.04. The third kappa shape index (κ3) is 6.56. The number of nitrogens with one attached hydrogen (secondary N) is 2. The Labute approximate surface area is 324 Å². The molecule has 2 saturated heterocycles. The quantitative estimate of drug-likeness (QED) is 0.162. The molecule has 4 fully saturated rings. The van der Waals surface area contributed by atoms with Crippen LogP contribution in [0.2, 0.25) is 0 Å². The van der Waals surface area contributed by atoms with Crippen molar-refractivity contribution in [2.45, 2.75) is 76.3 Å². The molecule has 2 aliphatic carbocycles. The maximum absolute atomic E-state index is 12.3. The molecule has 4 aromatic rings. The molecule has 2 amide bonds. The van der Waals surface area contributed by atoms with Gasteiger partial charge >= 0.3 is 0 Å². The van der Waals surface area contributed by atoms with Crippen LogP contribution in [0, 0.1) is 33.5 Å². The number of amides is 2. The Morgan fingerprint density at radius 2 is 1.82 bits per heavy atom. The number of nitriles is 2. The van der Waals surface area contributed by atoms with Crippen LogP contribution < -0.4 is 15.5 Å². The van der Waals surface area contributed by atoms with Crippen LogP contribution in [0.5, 0.6) is 0 Å². The summed E-state index contributed by atoms with van der Waals surface area (Å²) in [4.78, 5) is 38.1. The minimum Gasteiger partial charge on any atom is -0.369 e. The molecule has 56 heavy (non-hydrogen) atoms. The molecule has 3 aliphatic heterocycles. The first-order valence-corrected chi connectivity index (χ1v) is 19.6. The van der Waals surface area contributed by atoms with Crippen LogP contribution >= 0.6 is 0 Å². The van der Waals surface area contributed by atoms with Crippen LogP contribution in [0.25, 0.3) is 16.9 Å². The van der Waals surface area contributed by atoms with E-state index in [1.54, 1.807) is 30.1 Å². The maximum Gasteiger partial charge on any atom is 0.234 e. The lowest BCUT2D eigenvalue weighted by Gasteiger charge is -2.38. The number of aromatic nitrogens is 4. The summed E-state index contributed by atoms with van der Waals surface area (Å²) in [7, 11) is 0. The lowest BCUT2D eigenvalue weighted by Crippen LogP contribution is -2.47. The van der Waals surface area contributed by atoms with E-state index in [4.69, 9.17) is 10.1 Å². The maximum atomic E-state index is 12.3. The van der Waals surface area contributed by atoms with Crippen LogP contribution in [0.3, 0.4) is 0 Å². The molecule has 0 radical (unpaired) electrons. The highest BCUT2D eigenvalue weighted by Crippen LogP contribution is 2.65. The first-order chi connectivity index (χ1) is 27.2. The highest BCUT2D eigenvalue weighted by molar-refractivity contribution is 6.01. The van der Waals surface area contributed by atoms with Crippen LogP contribution in [0.4, 0.5) is 17.1 Å². The number of piperazine rings is 1. The Balaban J connectivity index is 0.828. The van der Waals surface area contributed by atoms with E-state index in [1.807, 2.05) is 22.9 Å². The SMILES string of the molecule is C[C@H](C#N)Nc1cc(-n2ncc3cc(C#N)cnc32)ncc1[N+]1=C[C@@H](C23CCC(CCN4CCN(c5ccc(C6CCC(=O)NC6=O)cc5)CC4)(CC2)C3)N=N1. The molecule has 9 rings (SSSR count). The van der Waals surface area contributed by atoms with E-state index in [0.717, 1.165) is 62.9 Å². The van der Waals surface area contributed by atoms with Crippen molar-refractivity contribution in [1.82, 2.24) is 30.0 Å². The fraction of sp³-hybridized carbons (Fsp3) is 0.463. The number of carbonyl (C=O) groups excluding carboxylic acids is 2. The number of hydrogen-bond donors (Lipinski definition) is 2. The van der Waals surface area contributed by atoms with Gasteiger partial charge in [-0.25, -0.2) is 9.97 Å². The van der Waals surface area contributed by atoms with E-state index in [1.165, 1.54) is 31.1 Å². The predicted octanol–water partition coefficient (Wildman–Crippen LogP) is 5.16. The van der Waals surface area contributed by atoms with Gasteiger partial charge in [0.2, 0.25) is 17.9 Å². The number of carbonyl (C=O) groups is 2. The third-order valence-corrected chi connectivity index (χ3v) is 12.9. The van der Waals surface area contributed by atoms with Gasteiger partial charge in [-0.05, 0) is 87.6 Å². The summed E-state index contributed by atoms with van der Waals surface area (Å²) in [6, 6.07) is 15.8. The third-order valence-electron chi connectivity index (χ3n) is 12.9. The molecular weight excluding hydrogens is 707 g/mol. The van der Waals surface area contributed by atoms with E-state index in [0.29, 0.717) is 46.7 Å². The van der Waals surface area contributed by atoms with Crippen molar-refractivity contribution in [2.75, 3.05) is 42.9 Å². The molecule has 3 atom stereocenters. The van der Waals surface area contributed by atoms with Crippen molar-refractivity contribution in [3.05, 3.63) is 66.1 Å². The summed E-state index contributed by atoms with van der Waals surface area (Å²) < 4.78 is 3.43. The normalized spacial score (nSPS) is 26.6. The zero-order chi connectivity index (χ0) is 38.4. The topological polar surface area (TPSA) is 184 Å². The molecule has 2 saturated carbocycles. The van der Waals surface area contributed by atoms with Gasteiger partial charge in [-0.2, -0.15) is 20.3 Å². The molecule has 5 aliphatic rings. The zero-order valence-corrected chi connectivity index (χ0v) is 31.4. The van der Waals surface area contributed by atoms with E-state index < -0.39 is 6.04 Å². The van der Waals surface area contributed by atoms with Gasteiger partial charge in [0.25, 0.3) is 0 Å². The highest BCUT2D eigenvalue weighted by Gasteiger charge is 2.60. The predicted molar refractivity (Wildman–Crippen MR) is 207 cm³/mol. The van der Waals surface area contributed by atoms with Gasteiger partial charge in [0.1, 0.15) is 23.5 Å². The molecule has 15 heteroatoms. The van der Waals surface area contributed by atoms with E-state index in [2.05, 4.69) is 66.2 Å². The van der Waals surface area contributed by atoms with Gasteiger partial charge in [0, 0.05) is 66.5 Å². The van der Waals surface area contributed by atoms with Crippen molar-refractivity contribution in [1.29, 1.82) is 10.5 Å². The number of hydrogen-bond acceptors (Lipinski definition) is 12. The number of nitrogens with zero attached hydrogens (tertiary/aromatic N) is 11. The Morgan fingerprint density at radius 1 is 1.02 bits per heavy atom. The van der Waals surface area contributed by atoms with Crippen LogP contribution in [-0.4, -0.2) is 92.2 Å². The summed E-state index contributed by atoms with van der Waals surface area (Å²) in [5.74, 6) is -0.103. The van der Waals surface area contributed by atoms with E-state index in [9.17, 15) is 20.1 Å². The number of rotatable bonds is 10. The molecule has 6 heterocycles. The lowest BCUT2D eigenvalue weighted by molar-refractivity contribution is -0.443. The van der Waals surface area contributed by atoms with Crippen molar-refractivity contribution in [3.8, 4) is 18.0 Å². The number of imide groups is 1. The molecule has 2 N–H and O–H groups in total. The number of fused-ring (bicyclic) bond motifs is 3. The standard InChI is InChI=1S/C41H43N13O2/c1-27(20-42)47-33-19-36(54-38-30(23-46-54)18-28(21-43)22-45-38)44-24-34(33)53-25-35(49-50-53)41-10-8-40(26-41,9-11-41)12-13-51-14-16-52(17-15-51)31-4-2-29(3-5-31)32-6-7-37(55)48-39(32)56/h2-5,18-19,22-25,27,32,35H,6-17,26H2,1H3,(H-,44,47,48,55,56)/p+1/t27-,32?,35+,40?,41?/m1/s1. The largest absolute Gasteiger partial charge is 0.369 e. The summed E-state index contributed by atoms with van der Waals surface area (Å²) >= 11 is 0. The van der Waals surface area contributed by atoms with Gasteiger partial charge < -0.3 is 10.2 Å². The van der Waals surface area contributed by atoms with Crippen molar-refractivity contribution < 1.29 is 14.3 Å². The highest BCUT2D eigenvalue weighted by atomic mass is 16.2.